The van der Waals surface area contributed by atoms with E-state index < -0.39 is 21.8 Å². The lowest BCUT2D eigenvalue weighted by molar-refractivity contribution is -0.136. The number of anilines is 2. The lowest BCUT2D eigenvalue weighted by Gasteiger charge is -2.29. The Morgan fingerprint density at radius 3 is 2.52 bits per heavy atom. The molecule has 1 heterocycles. The van der Waals surface area contributed by atoms with Gasteiger partial charge in [0.2, 0.25) is 10.0 Å². The third kappa shape index (κ3) is 4.52. The van der Waals surface area contributed by atoms with Gasteiger partial charge in [-0.15, -0.1) is 0 Å². The second kappa shape index (κ2) is 8.16. The van der Waals surface area contributed by atoms with Gasteiger partial charge >= 0.3 is 11.8 Å². The summed E-state index contributed by atoms with van der Waals surface area (Å²) in [6.45, 7) is 0.397. The molecular formula is C18H25N3O5S. The van der Waals surface area contributed by atoms with Gasteiger partial charge in [0.15, 0.2) is 0 Å². The highest BCUT2D eigenvalue weighted by atomic mass is 32.2. The minimum atomic E-state index is -3.37. The van der Waals surface area contributed by atoms with E-state index in [4.69, 9.17) is 4.74 Å². The number of carbonyl (C=O) groups is 2. The second-order valence-corrected chi connectivity index (χ2v) is 8.90. The van der Waals surface area contributed by atoms with Gasteiger partial charge in [-0.3, -0.25) is 13.9 Å². The number of amides is 2. The molecule has 1 aromatic carbocycles. The van der Waals surface area contributed by atoms with Gasteiger partial charge < -0.3 is 15.4 Å². The molecule has 0 spiro atoms. The summed E-state index contributed by atoms with van der Waals surface area (Å²) >= 11 is 0. The molecule has 1 aliphatic heterocycles. The number of nitrogens with zero attached hydrogens (tertiary/aromatic N) is 1. The maximum Gasteiger partial charge on any atom is 0.313 e. The van der Waals surface area contributed by atoms with Gasteiger partial charge in [-0.25, -0.2) is 8.42 Å². The normalized spacial score (nSPS) is 19.5. The summed E-state index contributed by atoms with van der Waals surface area (Å²) in [5.41, 5.74) is 0.808. The van der Waals surface area contributed by atoms with E-state index in [-0.39, 0.29) is 11.8 Å². The van der Waals surface area contributed by atoms with Crippen molar-refractivity contribution in [2.45, 2.75) is 44.6 Å². The van der Waals surface area contributed by atoms with Crippen LogP contribution < -0.4 is 19.7 Å². The summed E-state index contributed by atoms with van der Waals surface area (Å²) < 4.78 is 31.3. The summed E-state index contributed by atoms with van der Waals surface area (Å²) in [6, 6.07) is 4.75. The van der Waals surface area contributed by atoms with Gasteiger partial charge in [0.05, 0.1) is 18.6 Å². The molecule has 1 aliphatic carbocycles. The van der Waals surface area contributed by atoms with Gasteiger partial charge in [-0.2, -0.15) is 0 Å². The Morgan fingerprint density at radius 2 is 1.85 bits per heavy atom. The molecule has 8 nitrogen and oxygen atoms in total. The highest BCUT2D eigenvalue weighted by Gasteiger charge is 2.28. The standard InChI is InChI=1S/C18H25N3O5S/c1-26-16-12-14(20-18(23)17(22)19-13-6-2-3-7-13)8-9-15(16)21-10-4-5-11-27(21,24)25/h8-9,12-13H,2-7,10-11H2,1H3,(H,19,22)(H,20,23). The van der Waals surface area contributed by atoms with Gasteiger partial charge in [0.25, 0.3) is 0 Å². The van der Waals surface area contributed by atoms with E-state index >= 15 is 0 Å². The van der Waals surface area contributed by atoms with Crippen LogP contribution in [0.15, 0.2) is 18.2 Å². The number of carbonyl (C=O) groups excluding carboxylic acids is 2. The van der Waals surface area contributed by atoms with Crippen LogP contribution in [-0.2, 0) is 19.6 Å². The molecule has 148 valence electrons. The van der Waals surface area contributed by atoms with Gasteiger partial charge in [-0.1, -0.05) is 12.8 Å². The highest BCUT2D eigenvalue weighted by molar-refractivity contribution is 7.92. The van der Waals surface area contributed by atoms with E-state index in [1.807, 2.05) is 0 Å². The van der Waals surface area contributed by atoms with Crippen molar-refractivity contribution in [3.05, 3.63) is 18.2 Å². The van der Waals surface area contributed by atoms with E-state index in [0.29, 0.717) is 30.1 Å². The summed E-state index contributed by atoms with van der Waals surface area (Å²) in [6.07, 6.45) is 5.33. The minimum Gasteiger partial charge on any atom is -0.494 e. The minimum absolute atomic E-state index is 0.0597. The molecule has 2 fully saturated rings. The predicted octanol–water partition coefficient (Wildman–Crippen LogP) is 1.62. The van der Waals surface area contributed by atoms with Crippen LogP contribution in [-0.4, -0.2) is 45.7 Å². The van der Waals surface area contributed by atoms with Crippen LogP contribution in [0.5, 0.6) is 5.75 Å². The van der Waals surface area contributed by atoms with E-state index in [1.54, 1.807) is 12.1 Å². The van der Waals surface area contributed by atoms with Crippen molar-refractivity contribution in [1.29, 1.82) is 0 Å². The molecule has 2 N–H and O–H groups in total. The quantitative estimate of drug-likeness (QED) is 0.754. The van der Waals surface area contributed by atoms with Crippen molar-refractivity contribution in [2.75, 3.05) is 29.0 Å². The van der Waals surface area contributed by atoms with Crippen LogP contribution in [0.4, 0.5) is 11.4 Å². The number of hydrogen-bond acceptors (Lipinski definition) is 5. The van der Waals surface area contributed by atoms with Gasteiger partial charge in [0.1, 0.15) is 5.75 Å². The van der Waals surface area contributed by atoms with Crippen molar-refractivity contribution >= 4 is 33.2 Å². The predicted molar refractivity (Wildman–Crippen MR) is 102 cm³/mol. The van der Waals surface area contributed by atoms with Crippen molar-refractivity contribution in [2.24, 2.45) is 0 Å². The van der Waals surface area contributed by atoms with Crippen LogP contribution >= 0.6 is 0 Å². The van der Waals surface area contributed by atoms with E-state index in [2.05, 4.69) is 10.6 Å². The summed E-state index contributed by atoms with van der Waals surface area (Å²) in [5.74, 6) is -0.976. The van der Waals surface area contributed by atoms with Crippen LogP contribution in [0.25, 0.3) is 0 Å². The average Bonchev–Trinajstić information content (AvgIpc) is 3.14. The molecule has 0 radical (unpaired) electrons. The smallest absolute Gasteiger partial charge is 0.313 e. The molecule has 1 aromatic rings. The molecule has 3 rings (SSSR count). The first-order valence-corrected chi connectivity index (χ1v) is 10.8. The van der Waals surface area contributed by atoms with Gasteiger partial charge in [-0.05, 0) is 37.8 Å². The van der Waals surface area contributed by atoms with Crippen molar-refractivity contribution in [3.8, 4) is 5.75 Å². The van der Waals surface area contributed by atoms with E-state index in [1.165, 1.54) is 17.5 Å². The molecule has 0 unspecified atom stereocenters. The monoisotopic (exact) mass is 395 g/mol. The Kier molecular flexibility index (Phi) is 5.88. The largest absolute Gasteiger partial charge is 0.494 e. The molecule has 2 aliphatic rings. The number of methoxy groups -OCH3 is 1. The maximum atomic E-state index is 12.3. The highest BCUT2D eigenvalue weighted by Crippen LogP contribution is 2.34. The van der Waals surface area contributed by atoms with Crippen molar-refractivity contribution < 1.29 is 22.7 Å². The SMILES string of the molecule is COc1cc(NC(=O)C(=O)NC2CCCC2)ccc1N1CCCCS1(=O)=O. The van der Waals surface area contributed by atoms with Crippen LogP contribution in [0.3, 0.4) is 0 Å². The Morgan fingerprint density at radius 1 is 1.11 bits per heavy atom. The fourth-order valence-corrected chi connectivity index (χ4v) is 5.18. The molecule has 2 amide bonds. The molecule has 1 saturated heterocycles. The third-order valence-electron chi connectivity index (χ3n) is 4.95. The van der Waals surface area contributed by atoms with Gasteiger partial charge in [0, 0.05) is 24.3 Å². The number of rotatable bonds is 4. The van der Waals surface area contributed by atoms with E-state index in [0.717, 1.165) is 32.1 Å². The fraction of sp³-hybridized carbons (Fsp3) is 0.556. The van der Waals surface area contributed by atoms with E-state index in [9.17, 15) is 18.0 Å². The maximum absolute atomic E-state index is 12.3. The zero-order valence-corrected chi connectivity index (χ0v) is 16.2. The Balaban J connectivity index is 1.72. The lowest BCUT2D eigenvalue weighted by atomic mass is 10.2. The molecule has 0 aromatic heterocycles. The molecule has 27 heavy (non-hydrogen) atoms. The summed E-state index contributed by atoms with van der Waals surface area (Å²) in [4.78, 5) is 24.1. The summed E-state index contributed by atoms with van der Waals surface area (Å²) in [7, 11) is -1.93. The number of sulfonamides is 1. The first-order valence-electron chi connectivity index (χ1n) is 9.21. The molecule has 0 atom stereocenters. The molecule has 9 heteroatoms. The Hall–Kier alpha value is -2.29. The first-order chi connectivity index (χ1) is 12.9. The van der Waals surface area contributed by atoms with Crippen LogP contribution in [0.1, 0.15) is 38.5 Å². The van der Waals surface area contributed by atoms with Crippen molar-refractivity contribution in [1.82, 2.24) is 5.32 Å². The number of hydrogen-bond donors (Lipinski definition) is 2. The van der Waals surface area contributed by atoms with Crippen molar-refractivity contribution in [3.63, 3.8) is 0 Å². The molecular weight excluding hydrogens is 370 g/mol. The third-order valence-corrected chi connectivity index (χ3v) is 6.81. The summed E-state index contributed by atoms with van der Waals surface area (Å²) in [5, 5.41) is 5.27. The number of ether oxygens (including phenoxy) is 1. The molecule has 0 bridgehead atoms. The fourth-order valence-electron chi connectivity index (χ4n) is 3.53. The number of nitrogens with one attached hydrogen (secondary N) is 2. The lowest BCUT2D eigenvalue weighted by Crippen LogP contribution is -2.40. The molecule has 1 saturated carbocycles. The zero-order valence-electron chi connectivity index (χ0n) is 15.4. The second-order valence-electron chi connectivity index (χ2n) is 6.89. The Bertz CT molecular complexity index is 818. The number of benzene rings is 1. The van der Waals surface area contributed by atoms with Crippen LogP contribution in [0, 0.1) is 0 Å². The topological polar surface area (TPSA) is 105 Å². The first kappa shape index (κ1) is 19.5. The zero-order chi connectivity index (χ0) is 19.4. The average molecular weight is 395 g/mol. The van der Waals surface area contributed by atoms with Crippen LogP contribution in [0.2, 0.25) is 0 Å². The Labute approximate surface area is 159 Å².